The van der Waals surface area contributed by atoms with Crippen molar-refractivity contribution in [1.29, 1.82) is 5.26 Å². The van der Waals surface area contributed by atoms with Crippen LogP contribution in [0.3, 0.4) is 0 Å². The molecule has 0 saturated carbocycles. The highest BCUT2D eigenvalue weighted by molar-refractivity contribution is 6.39. The van der Waals surface area contributed by atoms with Gasteiger partial charge in [0.2, 0.25) is 0 Å². The molecule has 5 heteroatoms. The summed E-state index contributed by atoms with van der Waals surface area (Å²) in [5, 5.41) is 8.79. The van der Waals surface area contributed by atoms with Gasteiger partial charge in [-0.1, -0.05) is 11.6 Å². The van der Waals surface area contributed by atoms with E-state index >= 15 is 0 Å². The van der Waals surface area contributed by atoms with Crippen molar-refractivity contribution in [2.45, 2.75) is 0 Å². The van der Waals surface area contributed by atoms with Crippen LogP contribution in [0.15, 0.2) is 12.1 Å². The van der Waals surface area contributed by atoms with Crippen LogP contribution in [0.25, 0.3) is 0 Å². The highest BCUT2D eigenvalue weighted by atomic mass is 35.5. The van der Waals surface area contributed by atoms with E-state index in [1.165, 1.54) is 12.1 Å². The number of benzene rings is 1. The summed E-state index contributed by atoms with van der Waals surface area (Å²) in [5.74, 6) is -0.533. The van der Waals surface area contributed by atoms with Crippen molar-refractivity contribution >= 4 is 34.7 Å². The number of nitrogens with zero attached hydrogens (tertiary/aromatic N) is 1. The number of hydrogen-bond acceptors (Lipinski definition) is 3. The third-order valence-corrected chi connectivity index (χ3v) is 2.32. The lowest BCUT2D eigenvalue weighted by molar-refractivity contribution is 0.102. The van der Waals surface area contributed by atoms with Crippen molar-refractivity contribution in [2.24, 2.45) is 0 Å². The molecule has 1 aromatic rings. The average molecular weight is 229 g/mol. The van der Waals surface area contributed by atoms with Crippen molar-refractivity contribution in [1.82, 2.24) is 0 Å². The summed E-state index contributed by atoms with van der Waals surface area (Å²) in [6, 6.07) is 4.67. The first-order valence-corrected chi connectivity index (χ1v) is 4.59. The van der Waals surface area contributed by atoms with Crippen molar-refractivity contribution in [3.63, 3.8) is 0 Å². The molecule has 14 heavy (non-hydrogen) atoms. The fourth-order valence-electron chi connectivity index (χ4n) is 0.986. The number of nitrogens with two attached hydrogens (primary N) is 1. The molecule has 0 aliphatic heterocycles. The second-order valence-electron chi connectivity index (χ2n) is 2.60. The Morgan fingerprint density at radius 1 is 1.57 bits per heavy atom. The fraction of sp³-hybridized carbons (Fsp3) is 0.111. The second-order valence-corrected chi connectivity index (χ2v) is 3.24. The van der Waals surface area contributed by atoms with Crippen LogP contribution in [0, 0.1) is 11.3 Å². The normalized spacial score (nSPS) is 9.50. The largest absolute Gasteiger partial charge is 0.397 e. The van der Waals surface area contributed by atoms with E-state index in [0.29, 0.717) is 5.56 Å². The molecule has 0 fully saturated rings. The quantitative estimate of drug-likeness (QED) is 0.480. The Hall–Kier alpha value is -1.24. The molecule has 0 aromatic heterocycles. The van der Waals surface area contributed by atoms with Crippen molar-refractivity contribution in [3.05, 3.63) is 28.3 Å². The molecule has 0 aliphatic carbocycles. The van der Waals surface area contributed by atoms with E-state index in [4.69, 9.17) is 34.2 Å². The Balaban J connectivity index is 3.36. The molecule has 0 aliphatic rings. The van der Waals surface area contributed by atoms with Gasteiger partial charge in [0.25, 0.3) is 0 Å². The molecule has 0 radical (unpaired) electrons. The lowest BCUT2D eigenvalue weighted by Gasteiger charge is -2.04. The summed E-state index contributed by atoms with van der Waals surface area (Å²) in [7, 11) is 0. The minimum absolute atomic E-state index is 0.148. The number of halogens is 2. The van der Waals surface area contributed by atoms with Gasteiger partial charge in [-0.05, 0) is 12.1 Å². The van der Waals surface area contributed by atoms with Gasteiger partial charge in [0.15, 0.2) is 5.78 Å². The zero-order valence-electron chi connectivity index (χ0n) is 7.05. The number of carbonyl (C=O) groups is 1. The van der Waals surface area contributed by atoms with Gasteiger partial charge in [-0.3, -0.25) is 4.79 Å². The van der Waals surface area contributed by atoms with E-state index in [9.17, 15) is 4.79 Å². The van der Waals surface area contributed by atoms with Gasteiger partial charge in [-0.25, -0.2) is 0 Å². The molecular formula is C9H6Cl2N2O. The smallest absolute Gasteiger partial charge is 0.179 e. The first-order chi connectivity index (χ1) is 6.60. The van der Waals surface area contributed by atoms with Gasteiger partial charge in [0.05, 0.1) is 28.2 Å². The summed E-state index contributed by atoms with van der Waals surface area (Å²) < 4.78 is 0. The molecule has 1 aromatic carbocycles. The number of anilines is 1. The molecule has 0 heterocycles. The Bertz CT molecular complexity index is 424. The topological polar surface area (TPSA) is 66.9 Å². The van der Waals surface area contributed by atoms with E-state index in [1.54, 1.807) is 0 Å². The number of rotatable bonds is 2. The number of Topliss-reactive ketones (excluding diaryl/α,β-unsaturated/α-hetero) is 1. The maximum Gasteiger partial charge on any atom is 0.179 e. The standard InChI is InChI=1S/C9H6Cl2N2O/c10-3-8(14)6-1-5(4-12)2-7(13)9(6)11/h1-2H,3,13H2. The predicted molar refractivity (Wildman–Crippen MR) is 55.6 cm³/mol. The van der Waals surface area contributed by atoms with Crippen LogP contribution in [-0.4, -0.2) is 11.7 Å². The molecule has 0 amide bonds. The summed E-state index contributed by atoms with van der Waals surface area (Å²) in [6.45, 7) is 0. The molecular weight excluding hydrogens is 223 g/mol. The fourth-order valence-corrected chi connectivity index (χ4v) is 1.34. The van der Waals surface area contributed by atoms with E-state index in [-0.39, 0.29) is 27.9 Å². The van der Waals surface area contributed by atoms with Crippen LogP contribution < -0.4 is 5.73 Å². The Morgan fingerprint density at radius 3 is 2.71 bits per heavy atom. The SMILES string of the molecule is N#Cc1cc(N)c(Cl)c(C(=O)CCl)c1. The zero-order chi connectivity index (χ0) is 10.7. The summed E-state index contributed by atoms with van der Waals surface area (Å²) in [4.78, 5) is 11.3. The van der Waals surface area contributed by atoms with Crippen LogP contribution in [-0.2, 0) is 0 Å². The predicted octanol–water partition coefficient (Wildman–Crippen LogP) is 2.22. The molecule has 2 N–H and O–H groups in total. The van der Waals surface area contributed by atoms with Crippen molar-refractivity contribution in [2.75, 3.05) is 11.6 Å². The van der Waals surface area contributed by atoms with E-state index in [1.807, 2.05) is 6.07 Å². The maximum absolute atomic E-state index is 11.3. The summed E-state index contributed by atoms with van der Waals surface area (Å²) in [6.07, 6.45) is 0. The molecule has 0 unspecified atom stereocenters. The molecule has 72 valence electrons. The average Bonchev–Trinajstić information content (AvgIpc) is 2.20. The van der Waals surface area contributed by atoms with Gasteiger partial charge in [0, 0.05) is 5.56 Å². The van der Waals surface area contributed by atoms with Gasteiger partial charge >= 0.3 is 0 Å². The molecule has 0 spiro atoms. The molecule has 3 nitrogen and oxygen atoms in total. The van der Waals surface area contributed by atoms with Crippen molar-refractivity contribution < 1.29 is 4.79 Å². The van der Waals surface area contributed by atoms with Crippen molar-refractivity contribution in [3.8, 4) is 6.07 Å². The molecule has 0 bridgehead atoms. The van der Waals surface area contributed by atoms with E-state index in [2.05, 4.69) is 0 Å². The van der Waals surface area contributed by atoms with Crippen LogP contribution in [0.2, 0.25) is 5.02 Å². The number of ketones is 1. The Kier molecular flexibility index (Phi) is 3.34. The lowest BCUT2D eigenvalue weighted by Crippen LogP contribution is -2.04. The van der Waals surface area contributed by atoms with Gasteiger partial charge in [0.1, 0.15) is 0 Å². The number of hydrogen-bond donors (Lipinski definition) is 1. The first-order valence-electron chi connectivity index (χ1n) is 3.68. The van der Waals surface area contributed by atoms with Crippen LogP contribution >= 0.6 is 23.2 Å². The van der Waals surface area contributed by atoms with E-state index in [0.717, 1.165) is 0 Å². The van der Waals surface area contributed by atoms with Crippen LogP contribution in [0.5, 0.6) is 0 Å². The minimum Gasteiger partial charge on any atom is -0.397 e. The second kappa shape index (κ2) is 4.32. The van der Waals surface area contributed by atoms with Crippen LogP contribution in [0.4, 0.5) is 5.69 Å². The number of nitriles is 1. The molecule has 1 rings (SSSR count). The molecule has 0 saturated heterocycles. The third kappa shape index (κ3) is 1.98. The Morgan fingerprint density at radius 2 is 2.21 bits per heavy atom. The number of carbonyl (C=O) groups excluding carboxylic acids is 1. The van der Waals surface area contributed by atoms with Crippen LogP contribution in [0.1, 0.15) is 15.9 Å². The number of alkyl halides is 1. The minimum atomic E-state index is -0.347. The summed E-state index contributed by atoms with van der Waals surface area (Å²) >= 11 is 11.2. The maximum atomic E-state index is 11.3. The highest BCUT2D eigenvalue weighted by Crippen LogP contribution is 2.25. The Labute approximate surface area is 91.0 Å². The highest BCUT2D eigenvalue weighted by Gasteiger charge is 2.13. The number of nitrogen functional groups attached to an aromatic ring is 1. The summed E-state index contributed by atoms with van der Waals surface area (Å²) in [5.41, 5.74) is 6.20. The third-order valence-electron chi connectivity index (χ3n) is 1.65. The zero-order valence-corrected chi connectivity index (χ0v) is 8.56. The van der Waals surface area contributed by atoms with Gasteiger partial charge in [-0.15, -0.1) is 11.6 Å². The van der Waals surface area contributed by atoms with E-state index < -0.39 is 0 Å². The monoisotopic (exact) mass is 228 g/mol. The first kappa shape index (κ1) is 10.8. The molecule has 0 atom stereocenters. The van der Waals surface area contributed by atoms with Gasteiger partial charge in [-0.2, -0.15) is 5.26 Å². The van der Waals surface area contributed by atoms with Gasteiger partial charge < -0.3 is 5.73 Å². The lowest BCUT2D eigenvalue weighted by atomic mass is 10.1.